The maximum absolute atomic E-state index is 13.4. The van der Waals surface area contributed by atoms with Crippen LogP contribution >= 0.6 is 0 Å². The topological polar surface area (TPSA) is 75.4 Å². The number of imide groups is 1. The minimum atomic E-state index is -0.966. The average molecular weight is 401 g/mol. The van der Waals surface area contributed by atoms with Gasteiger partial charge in [-0.1, -0.05) is 42.0 Å². The number of nitrogens with zero attached hydrogens (tertiary/aromatic N) is 2. The lowest BCUT2D eigenvalue weighted by molar-refractivity contribution is -0.132. The van der Waals surface area contributed by atoms with Gasteiger partial charge in [-0.15, -0.1) is 0 Å². The molecule has 0 radical (unpaired) electrons. The zero-order valence-electron chi connectivity index (χ0n) is 17.1. The van der Waals surface area contributed by atoms with E-state index in [9.17, 15) is 9.59 Å². The number of benzene rings is 2. The van der Waals surface area contributed by atoms with Crippen LogP contribution in [-0.2, 0) is 23.3 Å². The number of hydrogen-bond acceptors (Lipinski definition) is 4. The predicted octanol–water partition coefficient (Wildman–Crippen LogP) is 4.24. The van der Waals surface area contributed by atoms with Crippen molar-refractivity contribution in [2.45, 2.75) is 45.2 Å². The summed E-state index contributed by atoms with van der Waals surface area (Å²) in [5.74, 6) is 0.281. The van der Waals surface area contributed by atoms with Crippen LogP contribution in [0.4, 0.5) is 4.79 Å². The maximum atomic E-state index is 13.4. The van der Waals surface area contributed by atoms with Gasteiger partial charge in [-0.3, -0.25) is 9.69 Å². The van der Waals surface area contributed by atoms with Gasteiger partial charge in [-0.2, -0.15) is 0 Å². The second-order valence-corrected chi connectivity index (χ2v) is 8.20. The van der Waals surface area contributed by atoms with Crippen molar-refractivity contribution in [1.82, 2.24) is 15.2 Å². The molecule has 2 aromatic carbocycles. The number of oxazole rings is 1. The first-order valence-electron chi connectivity index (χ1n) is 10.2. The Labute approximate surface area is 174 Å². The molecule has 1 saturated heterocycles. The smallest absolute Gasteiger partial charge is 0.325 e. The highest BCUT2D eigenvalue weighted by atomic mass is 16.3. The summed E-state index contributed by atoms with van der Waals surface area (Å²) in [7, 11) is 0. The van der Waals surface area contributed by atoms with E-state index >= 15 is 0 Å². The summed E-state index contributed by atoms with van der Waals surface area (Å²) in [6, 6.07) is 13.5. The van der Waals surface area contributed by atoms with E-state index in [1.54, 1.807) is 0 Å². The molecule has 3 aromatic rings. The summed E-state index contributed by atoms with van der Waals surface area (Å²) >= 11 is 0. The van der Waals surface area contributed by atoms with Crippen molar-refractivity contribution in [2.24, 2.45) is 0 Å². The molecule has 6 nitrogen and oxygen atoms in total. The van der Waals surface area contributed by atoms with E-state index < -0.39 is 5.54 Å². The highest BCUT2D eigenvalue weighted by Crippen LogP contribution is 2.40. The minimum absolute atomic E-state index is 0.0863. The maximum Gasteiger partial charge on any atom is 0.325 e. The van der Waals surface area contributed by atoms with Crippen LogP contribution in [0.1, 0.15) is 40.8 Å². The summed E-state index contributed by atoms with van der Waals surface area (Å²) in [6.45, 7) is 4.13. The average Bonchev–Trinajstić information content (AvgIpc) is 3.28. The Morgan fingerprint density at radius 3 is 2.83 bits per heavy atom. The van der Waals surface area contributed by atoms with Crippen LogP contribution in [-0.4, -0.2) is 21.8 Å². The van der Waals surface area contributed by atoms with Crippen LogP contribution in [0.3, 0.4) is 0 Å². The Balaban J connectivity index is 1.43. The summed E-state index contributed by atoms with van der Waals surface area (Å²) in [5, 5.41) is 2.98. The number of amides is 3. The third-order valence-electron chi connectivity index (χ3n) is 6.13. The molecule has 1 N–H and O–H groups in total. The predicted molar refractivity (Wildman–Crippen MR) is 112 cm³/mol. The van der Waals surface area contributed by atoms with Crippen LogP contribution < -0.4 is 5.32 Å². The molecule has 6 heteroatoms. The van der Waals surface area contributed by atoms with Crippen molar-refractivity contribution >= 4 is 11.9 Å². The van der Waals surface area contributed by atoms with E-state index in [1.165, 1.54) is 16.7 Å². The molecule has 0 bridgehead atoms. The van der Waals surface area contributed by atoms with Gasteiger partial charge in [-0.05, 0) is 55.9 Å². The zero-order valence-corrected chi connectivity index (χ0v) is 17.1. The van der Waals surface area contributed by atoms with E-state index in [0.29, 0.717) is 18.0 Å². The number of aryl methyl sites for hydroxylation is 3. The summed E-state index contributed by atoms with van der Waals surface area (Å²) < 4.78 is 5.66. The quantitative estimate of drug-likeness (QED) is 0.666. The van der Waals surface area contributed by atoms with Gasteiger partial charge in [0.05, 0.1) is 12.2 Å². The summed E-state index contributed by atoms with van der Waals surface area (Å²) in [4.78, 5) is 32.0. The summed E-state index contributed by atoms with van der Waals surface area (Å²) in [5.41, 5.74) is 4.76. The van der Waals surface area contributed by atoms with E-state index in [4.69, 9.17) is 4.42 Å². The Kier molecular flexibility index (Phi) is 4.24. The number of carbonyl (C=O) groups excluding carboxylic acids is 2. The number of fused-ring (bicyclic) bond motifs is 2. The van der Waals surface area contributed by atoms with E-state index in [0.717, 1.165) is 35.1 Å². The summed E-state index contributed by atoms with van der Waals surface area (Å²) in [6.07, 6.45) is 3.91. The van der Waals surface area contributed by atoms with E-state index in [2.05, 4.69) is 16.4 Å². The molecule has 1 aromatic heterocycles. The molecule has 5 rings (SSSR count). The molecule has 3 amide bonds. The lowest BCUT2D eigenvalue weighted by Crippen LogP contribution is -2.46. The third kappa shape index (κ3) is 2.83. The second kappa shape index (κ2) is 6.83. The van der Waals surface area contributed by atoms with Crippen molar-refractivity contribution in [3.8, 4) is 11.5 Å². The van der Waals surface area contributed by atoms with Crippen LogP contribution in [0.25, 0.3) is 11.5 Å². The first-order valence-corrected chi connectivity index (χ1v) is 10.2. The van der Waals surface area contributed by atoms with Crippen LogP contribution in [0.2, 0.25) is 0 Å². The fourth-order valence-electron chi connectivity index (χ4n) is 4.67. The van der Waals surface area contributed by atoms with E-state index in [-0.39, 0.29) is 18.5 Å². The molecule has 2 aliphatic rings. The van der Waals surface area contributed by atoms with Gasteiger partial charge in [0, 0.05) is 5.56 Å². The number of aromatic nitrogens is 1. The molecule has 1 spiro atoms. The van der Waals surface area contributed by atoms with Crippen molar-refractivity contribution < 1.29 is 14.0 Å². The van der Waals surface area contributed by atoms with E-state index in [1.807, 2.05) is 50.2 Å². The largest absolute Gasteiger partial charge is 0.444 e. The highest BCUT2D eigenvalue weighted by Gasteiger charge is 2.53. The normalized spacial score (nSPS) is 20.5. The molecule has 30 heavy (non-hydrogen) atoms. The van der Waals surface area contributed by atoms with Crippen molar-refractivity contribution in [3.05, 3.63) is 76.7 Å². The van der Waals surface area contributed by atoms with Gasteiger partial charge in [0.2, 0.25) is 5.89 Å². The molecular formula is C24H23N3O3. The molecule has 0 unspecified atom stereocenters. The SMILES string of the molecule is Cc1ccc(-c2nc(CN3C(=O)N[C@@]4(CCCc5ccccc54)C3=O)co2)c(C)c1. The molecule has 1 aliphatic carbocycles. The molecule has 1 aliphatic heterocycles. The second-order valence-electron chi connectivity index (χ2n) is 8.20. The van der Waals surface area contributed by atoms with Crippen LogP contribution in [0, 0.1) is 13.8 Å². The molecule has 1 fully saturated rings. The molecule has 2 heterocycles. The van der Waals surface area contributed by atoms with Gasteiger partial charge in [-0.25, -0.2) is 9.78 Å². The number of urea groups is 1. The van der Waals surface area contributed by atoms with Crippen molar-refractivity contribution in [1.29, 1.82) is 0 Å². The monoisotopic (exact) mass is 401 g/mol. The van der Waals surface area contributed by atoms with Gasteiger partial charge >= 0.3 is 6.03 Å². The van der Waals surface area contributed by atoms with Crippen molar-refractivity contribution in [3.63, 3.8) is 0 Å². The van der Waals surface area contributed by atoms with Crippen molar-refractivity contribution in [2.75, 3.05) is 0 Å². The first-order chi connectivity index (χ1) is 14.5. The van der Waals surface area contributed by atoms with Crippen LogP contribution in [0.5, 0.6) is 0 Å². The number of rotatable bonds is 3. The first kappa shape index (κ1) is 18.6. The van der Waals surface area contributed by atoms with Crippen LogP contribution in [0.15, 0.2) is 53.1 Å². The highest BCUT2D eigenvalue weighted by molar-refractivity contribution is 6.07. The fourth-order valence-corrected chi connectivity index (χ4v) is 4.67. The standard InChI is InChI=1S/C24H23N3O3/c1-15-9-10-19(16(2)12-15)21-25-18(14-30-21)13-27-22(28)24(26-23(27)29)11-5-7-17-6-3-4-8-20(17)24/h3-4,6,8-10,12,14H,5,7,11,13H2,1-2H3,(H,26,29)/t24-/m1/s1. The Hall–Kier alpha value is -3.41. The molecule has 1 atom stereocenters. The molecular weight excluding hydrogens is 378 g/mol. The number of nitrogens with one attached hydrogen (secondary N) is 1. The third-order valence-corrected chi connectivity index (χ3v) is 6.13. The Morgan fingerprint density at radius 1 is 1.17 bits per heavy atom. The fraction of sp³-hybridized carbons (Fsp3) is 0.292. The zero-order chi connectivity index (χ0) is 20.9. The number of hydrogen-bond donors (Lipinski definition) is 1. The Morgan fingerprint density at radius 2 is 2.00 bits per heavy atom. The lowest BCUT2D eigenvalue weighted by atomic mass is 9.76. The molecule has 152 valence electrons. The number of carbonyl (C=O) groups is 2. The van der Waals surface area contributed by atoms with Gasteiger partial charge < -0.3 is 9.73 Å². The van der Waals surface area contributed by atoms with Gasteiger partial charge in [0.25, 0.3) is 5.91 Å². The molecule has 0 saturated carbocycles. The van der Waals surface area contributed by atoms with Gasteiger partial charge in [0.15, 0.2) is 0 Å². The lowest BCUT2D eigenvalue weighted by Gasteiger charge is -2.33. The minimum Gasteiger partial charge on any atom is -0.444 e. The Bertz CT molecular complexity index is 1170. The van der Waals surface area contributed by atoms with Gasteiger partial charge in [0.1, 0.15) is 11.8 Å².